The van der Waals surface area contributed by atoms with Crippen molar-refractivity contribution in [2.75, 3.05) is 11.9 Å². The lowest BCUT2D eigenvalue weighted by Crippen LogP contribution is -2.30. The third-order valence-corrected chi connectivity index (χ3v) is 2.89. The molecular weight excluding hydrogens is 254 g/mol. The SMILES string of the molecule is CCNC(C)CC(=O)Nc1ccccc1-n1cncn1. The van der Waals surface area contributed by atoms with Crippen LogP contribution in [0.3, 0.4) is 0 Å². The van der Waals surface area contributed by atoms with Gasteiger partial charge in [0.05, 0.1) is 11.4 Å². The number of anilines is 1. The summed E-state index contributed by atoms with van der Waals surface area (Å²) < 4.78 is 1.63. The first-order valence-corrected chi connectivity index (χ1v) is 6.68. The van der Waals surface area contributed by atoms with Gasteiger partial charge in [-0.1, -0.05) is 19.1 Å². The molecule has 0 spiro atoms. The average Bonchev–Trinajstić information content (AvgIpc) is 2.93. The lowest BCUT2D eigenvalue weighted by molar-refractivity contribution is -0.116. The molecule has 0 aliphatic rings. The van der Waals surface area contributed by atoms with Crippen LogP contribution in [-0.2, 0) is 4.79 Å². The lowest BCUT2D eigenvalue weighted by Gasteiger charge is -2.14. The van der Waals surface area contributed by atoms with Crippen molar-refractivity contribution in [2.45, 2.75) is 26.3 Å². The minimum atomic E-state index is -0.0222. The van der Waals surface area contributed by atoms with E-state index in [0.29, 0.717) is 6.42 Å². The van der Waals surface area contributed by atoms with E-state index in [0.717, 1.165) is 17.9 Å². The summed E-state index contributed by atoms with van der Waals surface area (Å²) in [5.74, 6) is -0.0222. The van der Waals surface area contributed by atoms with Gasteiger partial charge in [0.25, 0.3) is 0 Å². The van der Waals surface area contributed by atoms with Crippen molar-refractivity contribution in [3.63, 3.8) is 0 Å². The van der Waals surface area contributed by atoms with E-state index in [4.69, 9.17) is 0 Å². The van der Waals surface area contributed by atoms with Crippen molar-refractivity contribution in [1.82, 2.24) is 20.1 Å². The maximum Gasteiger partial charge on any atom is 0.225 e. The van der Waals surface area contributed by atoms with Crippen molar-refractivity contribution >= 4 is 11.6 Å². The number of para-hydroxylation sites is 2. The molecular formula is C14H19N5O. The second kappa shape index (κ2) is 6.81. The molecule has 0 aliphatic carbocycles. The van der Waals surface area contributed by atoms with Gasteiger partial charge in [-0.05, 0) is 25.6 Å². The fraction of sp³-hybridized carbons (Fsp3) is 0.357. The summed E-state index contributed by atoms with van der Waals surface area (Å²) in [5, 5.41) is 10.2. The van der Waals surface area contributed by atoms with Crippen molar-refractivity contribution in [1.29, 1.82) is 0 Å². The molecule has 1 aromatic carbocycles. The van der Waals surface area contributed by atoms with Gasteiger partial charge in [0, 0.05) is 12.5 Å². The van der Waals surface area contributed by atoms with E-state index in [9.17, 15) is 4.79 Å². The Morgan fingerprint density at radius 2 is 2.20 bits per heavy atom. The van der Waals surface area contributed by atoms with Crippen LogP contribution in [0.5, 0.6) is 0 Å². The molecule has 0 bridgehead atoms. The fourth-order valence-electron chi connectivity index (χ4n) is 2.01. The van der Waals surface area contributed by atoms with E-state index in [-0.39, 0.29) is 11.9 Å². The zero-order valence-electron chi connectivity index (χ0n) is 11.7. The Labute approximate surface area is 118 Å². The maximum atomic E-state index is 12.0. The summed E-state index contributed by atoms with van der Waals surface area (Å²) in [5.41, 5.74) is 1.53. The summed E-state index contributed by atoms with van der Waals surface area (Å²) >= 11 is 0. The highest BCUT2D eigenvalue weighted by Crippen LogP contribution is 2.18. The van der Waals surface area contributed by atoms with E-state index in [2.05, 4.69) is 20.7 Å². The Bertz CT molecular complexity index is 552. The van der Waals surface area contributed by atoms with Gasteiger partial charge < -0.3 is 10.6 Å². The van der Waals surface area contributed by atoms with Gasteiger partial charge in [0.2, 0.25) is 5.91 Å². The summed E-state index contributed by atoms with van der Waals surface area (Å²) in [6, 6.07) is 7.67. The Hall–Kier alpha value is -2.21. The number of amides is 1. The Morgan fingerprint density at radius 3 is 2.90 bits per heavy atom. The molecule has 2 N–H and O–H groups in total. The summed E-state index contributed by atoms with van der Waals surface area (Å²) in [6.07, 6.45) is 3.50. The predicted octanol–water partition coefficient (Wildman–Crippen LogP) is 1.59. The number of carbonyl (C=O) groups excluding carboxylic acids is 1. The molecule has 6 nitrogen and oxygen atoms in total. The predicted molar refractivity (Wildman–Crippen MR) is 77.7 cm³/mol. The monoisotopic (exact) mass is 273 g/mol. The molecule has 0 aliphatic heterocycles. The van der Waals surface area contributed by atoms with Crippen molar-refractivity contribution < 1.29 is 4.79 Å². The number of benzene rings is 1. The van der Waals surface area contributed by atoms with Gasteiger partial charge >= 0.3 is 0 Å². The quantitative estimate of drug-likeness (QED) is 0.838. The second-order valence-electron chi connectivity index (χ2n) is 4.57. The highest BCUT2D eigenvalue weighted by Gasteiger charge is 2.11. The highest BCUT2D eigenvalue weighted by atomic mass is 16.1. The molecule has 1 heterocycles. The molecule has 1 atom stereocenters. The molecule has 2 rings (SSSR count). The number of aromatic nitrogens is 3. The lowest BCUT2D eigenvalue weighted by atomic mass is 10.2. The van der Waals surface area contributed by atoms with Gasteiger partial charge in [0.15, 0.2) is 0 Å². The molecule has 0 radical (unpaired) electrons. The van der Waals surface area contributed by atoms with E-state index >= 15 is 0 Å². The zero-order chi connectivity index (χ0) is 14.4. The van der Waals surface area contributed by atoms with Crippen LogP contribution in [0.1, 0.15) is 20.3 Å². The molecule has 0 saturated heterocycles. The van der Waals surface area contributed by atoms with Crippen LogP contribution in [0.25, 0.3) is 5.69 Å². The normalized spacial score (nSPS) is 12.1. The molecule has 6 heteroatoms. The number of hydrogen-bond donors (Lipinski definition) is 2. The number of rotatable bonds is 6. The number of hydrogen-bond acceptors (Lipinski definition) is 4. The van der Waals surface area contributed by atoms with Gasteiger partial charge in [-0.25, -0.2) is 9.67 Å². The molecule has 2 aromatic rings. The zero-order valence-corrected chi connectivity index (χ0v) is 11.7. The molecule has 106 valence electrons. The third kappa shape index (κ3) is 3.64. The fourth-order valence-corrected chi connectivity index (χ4v) is 2.01. The molecule has 1 unspecified atom stereocenters. The van der Waals surface area contributed by atoms with Crippen molar-refractivity contribution in [3.8, 4) is 5.69 Å². The summed E-state index contributed by atoms with van der Waals surface area (Å²) in [6.45, 7) is 4.87. The van der Waals surface area contributed by atoms with Crippen molar-refractivity contribution in [2.24, 2.45) is 0 Å². The van der Waals surface area contributed by atoms with Gasteiger partial charge in [-0.2, -0.15) is 5.10 Å². The van der Waals surface area contributed by atoms with Crippen LogP contribution in [0, 0.1) is 0 Å². The highest BCUT2D eigenvalue weighted by molar-refractivity contribution is 5.93. The molecule has 20 heavy (non-hydrogen) atoms. The third-order valence-electron chi connectivity index (χ3n) is 2.89. The summed E-state index contributed by atoms with van der Waals surface area (Å²) in [4.78, 5) is 15.9. The van der Waals surface area contributed by atoms with Gasteiger partial charge in [-0.15, -0.1) is 0 Å². The largest absolute Gasteiger partial charge is 0.324 e. The molecule has 0 fully saturated rings. The van der Waals surface area contributed by atoms with Gasteiger partial charge in [-0.3, -0.25) is 4.79 Å². The molecule has 1 amide bonds. The van der Waals surface area contributed by atoms with E-state index in [1.165, 1.54) is 6.33 Å². The number of carbonyl (C=O) groups is 1. The number of nitrogens with zero attached hydrogens (tertiary/aromatic N) is 3. The average molecular weight is 273 g/mol. The number of nitrogens with one attached hydrogen (secondary N) is 2. The van der Waals surface area contributed by atoms with E-state index in [1.807, 2.05) is 38.1 Å². The standard InChI is InChI=1S/C14H19N5O/c1-3-16-11(2)8-14(20)18-12-6-4-5-7-13(12)19-10-15-9-17-19/h4-7,9-11,16H,3,8H2,1-2H3,(H,18,20). The van der Waals surface area contributed by atoms with Crippen LogP contribution in [0.2, 0.25) is 0 Å². The first-order chi connectivity index (χ1) is 9.70. The van der Waals surface area contributed by atoms with Crippen LogP contribution >= 0.6 is 0 Å². The minimum Gasteiger partial charge on any atom is -0.324 e. The Morgan fingerprint density at radius 1 is 1.40 bits per heavy atom. The van der Waals surface area contributed by atoms with Crippen LogP contribution in [0.15, 0.2) is 36.9 Å². The van der Waals surface area contributed by atoms with Crippen LogP contribution in [0.4, 0.5) is 5.69 Å². The molecule has 1 aromatic heterocycles. The van der Waals surface area contributed by atoms with Crippen LogP contribution < -0.4 is 10.6 Å². The van der Waals surface area contributed by atoms with E-state index in [1.54, 1.807) is 11.0 Å². The van der Waals surface area contributed by atoms with Crippen molar-refractivity contribution in [3.05, 3.63) is 36.9 Å². The second-order valence-corrected chi connectivity index (χ2v) is 4.57. The first kappa shape index (κ1) is 14.2. The van der Waals surface area contributed by atoms with Crippen LogP contribution in [-0.4, -0.2) is 33.3 Å². The molecule has 0 saturated carbocycles. The Kier molecular flexibility index (Phi) is 4.84. The minimum absolute atomic E-state index is 0.0222. The first-order valence-electron chi connectivity index (χ1n) is 6.68. The smallest absolute Gasteiger partial charge is 0.225 e. The Balaban J connectivity index is 2.08. The maximum absolute atomic E-state index is 12.0. The summed E-state index contributed by atoms with van der Waals surface area (Å²) in [7, 11) is 0. The topological polar surface area (TPSA) is 71.8 Å². The van der Waals surface area contributed by atoms with E-state index < -0.39 is 0 Å². The van der Waals surface area contributed by atoms with Gasteiger partial charge in [0.1, 0.15) is 12.7 Å².